The van der Waals surface area contributed by atoms with E-state index < -0.39 is 24.5 Å². The normalized spacial score (nSPS) is 10.4. The van der Waals surface area contributed by atoms with E-state index in [-0.39, 0.29) is 5.56 Å². The van der Waals surface area contributed by atoms with Crippen LogP contribution in [0, 0.1) is 0 Å². The van der Waals surface area contributed by atoms with Crippen molar-refractivity contribution < 1.29 is 28.5 Å². The predicted molar refractivity (Wildman–Crippen MR) is 119 cm³/mol. The van der Waals surface area contributed by atoms with E-state index in [1.807, 2.05) is 48.5 Å². The number of benzene rings is 3. The van der Waals surface area contributed by atoms with E-state index in [9.17, 15) is 9.59 Å². The van der Waals surface area contributed by atoms with Crippen LogP contribution in [0.15, 0.2) is 72.8 Å². The molecule has 0 aliphatic heterocycles. The van der Waals surface area contributed by atoms with E-state index in [0.29, 0.717) is 17.2 Å². The number of hydrogen-bond acceptors (Lipinski definition) is 6. The molecule has 7 nitrogen and oxygen atoms in total. The Labute approximate surface area is 186 Å². The largest absolute Gasteiger partial charge is 0.497 e. The SMILES string of the molecule is COc1ccc(C(NC(=O)COC(=O)c2ccccc2OC)c2ccc(OC)cc2)cc1. The van der Waals surface area contributed by atoms with Crippen molar-refractivity contribution in [3.8, 4) is 17.2 Å². The van der Waals surface area contributed by atoms with Gasteiger partial charge in [0.2, 0.25) is 0 Å². The van der Waals surface area contributed by atoms with Gasteiger partial charge in [-0.1, -0.05) is 36.4 Å². The van der Waals surface area contributed by atoms with Crippen LogP contribution in [-0.2, 0) is 9.53 Å². The van der Waals surface area contributed by atoms with Gasteiger partial charge in [-0.3, -0.25) is 4.79 Å². The third-order valence-corrected chi connectivity index (χ3v) is 4.86. The fraction of sp³-hybridized carbons (Fsp3) is 0.200. The van der Waals surface area contributed by atoms with Crippen molar-refractivity contribution in [2.45, 2.75) is 6.04 Å². The van der Waals surface area contributed by atoms with Crippen LogP contribution >= 0.6 is 0 Å². The number of ether oxygens (including phenoxy) is 4. The Hall–Kier alpha value is -4.00. The highest BCUT2D eigenvalue weighted by molar-refractivity contribution is 5.94. The van der Waals surface area contributed by atoms with E-state index in [1.54, 1.807) is 38.5 Å². The van der Waals surface area contributed by atoms with Gasteiger partial charge in [-0.2, -0.15) is 0 Å². The number of amides is 1. The molecule has 1 amide bonds. The molecule has 0 heterocycles. The molecule has 32 heavy (non-hydrogen) atoms. The van der Waals surface area contributed by atoms with Gasteiger partial charge in [0.1, 0.15) is 22.8 Å². The summed E-state index contributed by atoms with van der Waals surface area (Å²) in [7, 11) is 4.65. The number of carbonyl (C=O) groups excluding carboxylic acids is 2. The van der Waals surface area contributed by atoms with Crippen molar-refractivity contribution in [2.24, 2.45) is 0 Å². The van der Waals surface area contributed by atoms with Crippen LogP contribution in [0.5, 0.6) is 17.2 Å². The lowest BCUT2D eigenvalue weighted by atomic mass is 9.98. The van der Waals surface area contributed by atoms with E-state index in [2.05, 4.69) is 5.32 Å². The summed E-state index contributed by atoms with van der Waals surface area (Å²) in [6.45, 7) is -0.431. The Balaban J connectivity index is 1.74. The molecule has 3 aromatic rings. The Morgan fingerprint density at radius 2 is 1.28 bits per heavy atom. The van der Waals surface area contributed by atoms with E-state index in [1.165, 1.54) is 7.11 Å². The second-order valence-electron chi connectivity index (χ2n) is 6.82. The van der Waals surface area contributed by atoms with Gasteiger partial charge < -0.3 is 24.3 Å². The molecule has 0 aromatic heterocycles. The Bertz CT molecular complexity index is 999. The molecule has 3 aromatic carbocycles. The Morgan fingerprint density at radius 3 is 1.78 bits per heavy atom. The molecule has 0 saturated heterocycles. The van der Waals surface area contributed by atoms with Crippen LogP contribution in [0.2, 0.25) is 0 Å². The first-order valence-corrected chi connectivity index (χ1v) is 9.93. The molecule has 0 bridgehead atoms. The number of carbonyl (C=O) groups is 2. The molecule has 166 valence electrons. The molecule has 0 spiro atoms. The lowest BCUT2D eigenvalue weighted by Gasteiger charge is -2.20. The summed E-state index contributed by atoms with van der Waals surface area (Å²) >= 11 is 0. The summed E-state index contributed by atoms with van der Waals surface area (Å²) in [5.41, 5.74) is 1.95. The Kier molecular flexibility index (Phi) is 7.70. The van der Waals surface area contributed by atoms with Crippen LogP contribution < -0.4 is 19.5 Å². The average Bonchev–Trinajstić information content (AvgIpc) is 2.86. The highest BCUT2D eigenvalue weighted by Gasteiger charge is 2.20. The van der Waals surface area contributed by atoms with E-state index >= 15 is 0 Å². The molecule has 0 aliphatic carbocycles. The van der Waals surface area contributed by atoms with Crippen LogP contribution in [0.4, 0.5) is 0 Å². The van der Waals surface area contributed by atoms with Crippen molar-refractivity contribution in [1.82, 2.24) is 5.32 Å². The maximum atomic E-state index is 12.7. The van der Waals surface area contributed by atoms with Crippen LogP contribution in [0.1, 0.15) is 27.5 Å². The number of para-hydroxylation sites is 1. The third-order valence-electron chi connectivity index (χ3n) is 4.86. The van der Waals surface area contributed by atoms with Gasteiger partial charge in [-0.05, 0) is 47.5 Å². The topological polar surface area (TPSA) is 83.1 Å². The van der Waals surface area contributed by atoms with Crippen molar-refractivity contribution in [2.75, 3.05) is 27.9 Å². The van der Waals surface area contributed by atoms with Gasteiger partial charge in [0.05, 0.1) is 27.4 Å². The molecule has 7 heteroatoms. The van der Waals surface area contributed by atoms with Crippen molar-refractivity contribution in [1.29, 1.82) is 0 Å². The highest BCUT2D eigenvalue weighted by atomic mass is 16.5. The minimum atomic E-state index is -0.636. The summed E-state index contributed by atoms with van der Waals surface area (Å²) in [5.74, 6) is 0.721. The molecule has 0 atom stereocenters. The summed E-state index contributed by atoms with van der Waals surface area (Å²) in [6, 6.07) is 21.0. The third kappa shape index (κ3) is 5.57. The van der Waals surface area contributed by atoms with Crippen LogP contribution in [0.25, 0.3) is 0 Å². The molecule has 0 unspecified atom stereocenters. The number of nitrogens with one attached hydrogen (secondary N) is 1. The quantitative estimate of drug-likeness (QED) is 0.515. The first-order valence-electron chi connectivity index (χ1n) is 9.93. The van der Waals surface area contributed by atoms with Gasteiger partial charge in [0.25, 0.3) is 5.91 Å². The molecule has 3 rings (SSSR count). The van der Waals surface area contributed by atoms with Gasteiger partial charge in [-0.25, -0.2) is 4.79 Å². The van der Waals surface area contributed by atoms with E-state index in [0.717, 1.165) is 11.1 Å². The maximum absolute atomic E-state index is 12.7. The fourth-order valence-corrected chi connectivity index (χ4v) is 3.18. The summed E-state index contributed by atoms with van der Waals surface area (Å²) < 4.78 is 20.8. The number of hydrogen-bond donors (Lipinski definition) is 1. The average molecular weight is 435 g/mol. The lowest BCUT2D eigenvalue weighted by Crippen LogP contribution is -2.33. The molecule has 1 N–H and O–H groups in total. The summed E-state index contributed by atoms with van der Waals surface area (Å²) in [4.78, 5) is 25.1. The zero-order chi connectivity index (χ0) is 22.9. The lowest BCUT2D eigenvalue weighted by molar-refractivity contribution is -0.124. The second kappa shape index (κ2) is 10.9. The summed E-state index contributed by atoms with van der Waals surface area (Å²) in [6.07, 6.45) is 0. The van der Waals surface area contributed by atoms with Crippen LogP contribution in [-0.4, -0.2) is 39.8 Å². The molecule has 0 radical (unpaired) electrons. The highest BCUT2D eigenvalue weighted by Crippen LogP contribution is 2.26. The van der Waals surface area contributed by atoms with Gasteiger partial charge >= 0.3 is 5.97 Å². The van der Waals surface area contributed by atoms with E-state index in [4.69, 9.17) is 18.9 Å². The molecule has 0 fully saturated rings. The first-order chi connectivity index (χ1) is 15.5. The second-order valence-corrected chi connectivity index (χ2v) is 6.82. The van der Waals surface area contributed by atoms with Crippen molar-refractivity contribution >= 4 is 11.9 Å². The van der Waals surface area contributed by atoms with Crippen molar-refractivity contribution in [3.05, 3.63) is 89.5 Å². The van der Waals surface area contributed by atoms with Gasteiger partial charge in [0.15, 0.2) is 6.61 Å². The molecule has 0 aliphatic rings. The number of rotatable bonds is 9. The van der Waals surface area contributed by atoms with Crippen LogP contribution in [0.3, 0.4) is 0 Å². The minimum absolute atomic E-state index is 0.254. The van der Waals surface area contributed by atoms with Gasteiger partial charge in [0, 0.05) is 0 Å². The van der Waals surface area contributed by atoms with Crippen molar-refractivity contribution in [3.63, 3.8) is 0 Å². The van der Waals surface area contributed by atoms with Gasteiger partial charge in [-0.15, -0.1) is 0 Å². The summed E-state index contributed by atoms with van der Waals surface area (Å²) in [5, 5.41) is 2.93. The Morgan fingerprint density at radius 1 is 0.750 bits per heavy atom. The monoisotopic (exact) mass is 435 g/mol. The molecular formula is C25H25NO6. The fourth-order valence-electron chi connectivity index (χ4n) is 3.18. The first kappa shape index (κ1) is 22.7. The number of esters is 1. The standard InChI is InChI=1S/C25H25NO6/c1-29-19-12-8-17(9-13-19)24(18-10-14-20(30-2)15-11-18)26-23(27)16-32-25(28)21-6-4-5-7-22(21)31-3/h4-15,24H,16H2,1-3H3,(H,26,27). The predicted octanol–water partition coefficient (Wildman–Crippen LogP) is 3.78. The minimum Gasteiger partial charge on any atom is -0.497 e. The zero-order valence-electron chi connectivity index (χ0n) is 18.2. The number of methoxy groups -OCH3 is 3. The smallest absolute Gasteiger partial charge is 0.342 e. The zero-order valence-corrected chi connectivity index (χ0v) is 18.2. The molecular weight excluding hydrogens is 410 g/mol. The maximum Gasteiger partial charge on any atom is 0.342 e. The molecule has 0 saturated carbocycles.